The van der Waals surface area contributed by atoms with Crippen LogP contribution in [0.1, 0.15) is 22.9 Å². The molecule has 1 atom stereocenters. The summed E-state index contributed by atoms with van der Waals surface area (Å²) in [6.07, 6.45) is 0. The fourth-order valence-corrected chi connectivity index (χ4v) is 2.66. The van der Waals surface area contributed by atoms with Gasteiger partial charge in [0.25, 0.3) is 0 Å². The minimum Gasteiger partial charge on any atom is -0.383 e. The molecule has 0 saturated carbocycles. The van der Waals surface area contributed by atoms with Crippen LogP contribution >= 0.6 is 11.3 Å². The van der Waals surface area contributed by atoms with Crippen molar-refractivity contribution in [2.75, 3.05) is 6.54 Å². The number of aliphatic hydroxyl groups is 1. The van der Waals surface area contributed by atoms with E-state index in [1.165, 1.54) is 16.9 Å². The maximum absolute atomic E-state index is 11.8. The van der Waals surface area contributed by atoms with Crippen LogP contribution in [-0.4, -0.2) is 17.7 Å². The van der Waals surface area contributed by atoms with Crippen LogP contribution in [0.15, 0.2) is 41.8 Å². The van der Waals surface area contributed by atoms with E-state index >= 15 is 0 Å². The smallest absolute Gasteiger partial charge is 0.315 e. The van der Waals surface area contributed by atoms with E-state index in [1.54, 1.807) is 6.92 Å². The Balaban J connectivity index is 1.78. The van der Waals surface area contributed by atoms with Crippen molar-refractivity contribution in [3.63, 3.8) is 0 Å². The lowest BCUT2D eigenvalue weighted by atomic mass is 10.1. The Morgan fingerprint density at radius 3 is 2.57 bits per heavy atom. The number of benzene rings is 1. The molecule has 0 aliphatic rings. The highest BCUT2D eigenvalue weighted by Crippen LogP contribution is 2.24. The molecule has 2 amide bonds. The fourth-order valence-electron chi connectivity index (χ4n) is 1.88. The van der Waals surface area contributed by atoms with Gasteiger partial charge < -0.3 is 15.7 Å². The second-order valence-electron chi connectivity index (χ2n) is 5.27. The highest BCUT2D eigenvalue weighted by atomic mass is 32.1. The van der Waals surface area contributed by atoms with Gasteiger partial charge in [-0.15, -0.1) is 11.3 Å². The molecule has 112 valence electrons. The molecule has 0 saturated heterocycles. The highest BCUT2D eigenvalue weighted by Gasteiger charge is 2.24. The number of amides is 2. The number of hydrogen-bond acceptors (Lipinski definition) is 3. The zero-order chi connectivity index (χ0) is 15.3. The summed E-state index contributed by atoms with van der Waals surface area (Å²) in [5.41, 5.74) is 1.19. The van der Waals surface area contributed by atoms with E-state index < -0.39 is 5.60 Å². The van der Waals surface area contributed by atoms with Gasteiger partial charge in [0.15, 0.2) is 0 Å². The summed E-state index contributed by atoms with van der Waals surface area (Å²) in [6, 6.07) is 11.4. The van der Waals surface area contributed by atoms with E-state index in [-0.39, 0.29) is 12.6 Å². The standard InChI is InChI=1S/C16H20N2O2S/c1-12-5-7-13(8-6-12)10-17-15(19)18-11-16(2,20)14-4-3-9-21-14/h3-9,20H,10-11H2,1-2H3,(H2,17,18,19). The van der Waals surface area contributed by atoms with E-state index in [9.17, 15) is 9.90 Å². The van der Waals surface area contributed by atoms with Crippen LogP contribution in [0, 0.1) is 6.92 Å². The molecule has 2 aromatic rings. The molecule has 0 aliphatic heterocycles. The van der Waals surface area contributed by atoms with Crippen molar-refractivity contribution in [3.05, 3.63) is 57.8 Å². The van der Waals surface area contributed by atoms with Gasteiger partial charge in [-0.1, -0.05) is 35.9 Å². The van der Waals surface area contributed by atoms with Crippen LogP contribution in [0.5, 0.6) is 0 Å². The average Bonchev–Trinajstić information content (AvgIpc) is 3.00. The predicted octanol–water partition coefficient (Wildman–Crippen LogP) is 2.76. The molecule has 1 unspecified atom stereocenters. The lowest BCUT2D eigenvalue weighted by molar-refractivity contribution is 0.0631. The Hall–Kier alpha value is -1.85. The van der Waals surface area contributed by atoms with Crippen LogP contribution in [0.3, 0.4) is 0 Å². The maximum Gasteiger partial charge on any atom is 0.315 e. The first-order chi connectivity index (χ1) is 9.97. The van der Waals surface area contributed by atoms with E-state index in [4.69, 9.17) is 0 Å². The Bertz CT molecular complexity index is 577. The first kappa shape index (κ1) is 15.5. The zero-order valence-corrected chi connectivity index (χ0v) is 13.0. The number of carbonyl (C=O) groups is 1. The Morgan fingerprint density at radius 1 is 1.24 bits per heavy atom. The molecule has 0 spiro atoms. The summed E-state index contributed by atoms with van der Waals surface area (Å²) in [4.78, 5) is 12.6. The topological polar surface area (TPSA) is 61.4 Å². The van der Waals surface area contributed by atoms with Gasteiger partial charge in [-0.05, 0) is 30.9 Å². The molecular weight excluding hydrogens is 284 g/mol. The molecule has 4 nitrogen and oxygen atoms in total. The van der Waals surface area contributed by atoms with Crippen molar-refractivity contribution in [2.24, 2.45) is 0 Å². The van der Waals surface area contributed by atoms with E-state index in [0.29, 0.717) is 6.54 Å². The van der Waals surface area contributed by atoms with Gasteiger partial charge in [0.2, 0.25) is 0 Å². The number of aryl methyl sites for hydroxylation is 1. The van der Waals surface area contributed by atoms with Crippen LogP contribution in [-0.2, 0) is 12.1 Å². The Morgan fingerprint density at radius 2 is 1.95 bits per heavy atom. The summed E-state index contributed by atoms with van der Waals surface area (Å²) >= 11 is 1.47. The normalized spacial score (nSPS) is 13.5. The van der Waals surface area contributed by atoms with E-state index in [2.05, 4.69) is 10.6 Å². The third kappa shape index (κ3) is 4.58. The Labute approximate surface area is 128 Å². The van der Waals surface area contributed by atoms with Crippen molar-refractivity contribution >= 4 is 17.4 Å². The summed E-state index contributed by atoms with van der Waals surface area (Å²) in [6.45, 7) is 4.36. The summed E-state index contributed by atoms with van der Waals surface area (Å²) in [7, 11) is 0. The Kier molecular flexibility index (Phi) is 4.98. The minimum absolute atomic E-state index is 0.174. The second kappa shape index (κ2) is 6.74. The number of hydrogen-bond donors (Lipinski definition) is 3. The van der Waals surface area contributed by atoms with Gasteiger partial charge in [0.05, 0.1) is 6.54 Å². The molecule has 21 heavy (non-hydrogen) atoms. The first-order valence-corrected chi connectivity index (χ1v) is 7.69. The molecule has 0 fully saturated rings. The number of nitrogens with one attached hydrogen (secondary N) is 2. The molecule has 1 aromatic heterocycles. The summed E-state index contributed by atoms with van der Waals surface area (Å²) in [5, 5.41) is 17.7. The van der Waals surface area contributed by atoms with E-state index in [1.807, 2.05) is 48.7 Å². The van der Waals surface area contributed by atoms with Crippen LogP contribution in [0.25, 0.3) is 0 Å². The molecule has 1 aromatic carbocycles. The molecule has 0 radical (unpaired) electrons. The van der Waals surface area contributed by atoms with Crippen molar-refractivity contribution < 1.29 is 9.90 Å². The highest BCUT2D eigenvalue weighted by molar-refractivity contribution is 7.10. The van der Waals surface area contributed by atoms with Crippen LogP contribution in [0.2, 0.25) is 0 Å². The molecule has 0 bridgehead atoms. The second-order valence-corrected chi connectivity index (χ2v) is 6.22. The van der Waals surface area contributed by atoms with Gasteiger partial charge in [-0.3, -0.25) is 0 Å². The van der Waals surface area contributed by atoms with Crippen molar-refractivity contribution in [1.82, 2.24) is 10.6 Å². The lowest BCUT2D eigenvalue weighted by Gasteiger charge is -2.22. The fraction of sp³-hybridized carbons (Fsp3) is 0.312. The van der Waals surface area contributed by atoms with Gasteiger partial charge in [0, 0.05) is 11.4 Å². The molecule has 5 heteroatoms. The van der Waals surface area contributed by atoms with Gasteiger partial charge in [-0.25, -0.2) is 4.79 Å². The van der Waals surface area contributed by atoms with Gasteiger partial charge >= 0.3 is 6.03 Å². The van der Waals surface area contributed by atoms with Crippen molar-refractivity contribution in [2.45, 2.75) is 26.0 Å². The maximum atomic E-state index is 11.8. The third-order valence-corrected chi connectivity index (χ3v) is 4.34. The van der Waals surface area contributed by atoms with Gasteiger partial charge in [-0.2, -0.15) is 0 Å². The predicted molar refractivity (Wildman–Crippen MR) is 85.3 cm³/mol. The van der Waals surface area contributed by atoms with Gasteiger partial charge in [0.1, 0.15) is 5.60 Å². The number of thiophene rings is 1. The van der Waals surface area contributed by atoms with Crippen molar-refractivity contribution in [3.8, 4) is 0 Å². The summed E-state index contributed by atoms with van der Waals surface area (Å²) < 4.78 is 0. The zero-order valence-electron chi connectivity index (χ0n) is 12.2. The summed E-state index contributed by atoms with van der Waals surface area (Å²) in [5.74, 6) is 0. The lowest BCUT2D eigenvalue weighted by Crippen LogP contribution is -2.42. The average molecular weight is 304 g/mol. The minimum atomic E-state index is -1.05. The number of rotatable bonds is 5. The largest absolute Gasteiger partial charge is 0.383 e. The SMILES string of the molecule is Cc1ccc(CNC(=O)NCC(C)(O)c2cccs2)cc1. The van der Waals surface area contributed by atoms with Crippen molar-refractivity contribution in [1.29, 1.82) is 0 Å². The number of carbonyl (C=O) groups excluding carboxylic acids is 1. The third-order valence-electron chi connectivity index (χ3n) is 3.22. The molecule has 2 rings (SSSR count). The first-order valence-electron chi connectivity index (χ1n) is 6.81. The molecule has 1 heterocycles. The van der Waals surface area contributed by atoms with Crippen LogP contribution in [0.4, 0.5) is 4.79 Å². The molecule has 0 aliphatic carbocycles. The van der Waals surface area contributed by atoms with Crippen LogP contribution < -0.4 is 10.6 Å². The number of urea groups is 1. The van der Waals surface area contributed by atoms with E-state index in [0.717, 1.165) is 10.4 Å². The quantitative estimate of drug-likeness (QED) is 0.795. The molecule has 3 N–H and O–H groups in total. The monoisotopic (exact) mass is 304 g/mol. The molecular formula is C16H20N2O2S.